The van der Waals surface area contributed by atoms with Crippen LogP contribution in [-0.2, 0) is 4.79 Å². The summed E-state index contributed by atoms with van der Waals surface area (Å²) in [6, 6.07) is 4.14. The molecule has 0 radical (unpaired) electrons. The molecule has 0 aliphatic rings. The number of benzene rings is 1. The Kier molecular flexibility index (Phi) is 5.82. The molecule has 0 aliphatic heterocycles. The second kappa shape index (κ2) is 7.62. The Balaban J connectivity index is 3.00. The Morgan fingerprint density at radius 3 is 2.80 bits per heavy atom. The Morgan fingerprint density at radius 1 is 1.45 bits per heavy atom. The van der Waals surface area contributed by atoms with Gasteiger partial charge in [-0.3, -0.25) is 0 Å². The van der Waals surface area contributed by atoms with Crippen molar-refractivity contribution < 1.29 is 24.2 Å². The number of hydrogen-bond acceptors (Lipinski definition) is 5. The number of para-hydroxylation sites is 1. The molecule has 0 unspecified atom stereocenters. The monoisotopic (exact) mass is 281 g/mol. The molecular weight excluding hydrogens is 266 g/mol. The van der Waals surface area contributed by atoms with Gasteiger partial charge in [0, 0.05) is 5.56 Å². The third-order valence-corrected chi connectivity index (χ3v) is 2.03. The molecule has 0 heterocycles. The lowest BCUT2D eigenvalue weighted by Gasteiger charge is -2.12. The van der Waals surface area contributed by atoms with Gasteiger partial charge < -0.3 is 20.3 Å². The van der Waals surface area contributed by atoms with Gasteiger partial charge in [-0.2, -0.15) is 5.10 Å². The molecule has 0 aliphatic carbocycles. The summed E-state index contributed by atoms with van der Waals surface area (Å²) >= 11 is 0. The van der Waals surface area contributed by atoms with Gasteiger partial charge in [0.15, 0.2) is 18.1 Å². The van der Waals surface area contributed by atoms with E-state index in [-0.39, 0.29) is 5.75 Å². The van der Waals surface area contributed by atoms with Crippen LogP contribution in [0.4, 0.5) is 4.79 Å². The summed E-state index contributed by atoms with van der Waals surface area (Å²) in [5.74, 6) is -0.502. The number of nitrogens with one attached hydrogen (secondary N) is 1. The minimum absolute atomic E-state index is 0.228. The summed E-state index contributed by atoms with van der Waals surface area (Å²) in [6.07, 6.45) is 1.28. The van der Waals surface area contributed by atoms with Crippen LogP contribution in [0.2, 0.25) is 0 Å². The van der Waals surface area contributed by atoms with E-state index in [1.807, 2.05) is 5.43 Å². The van der Waals surface area contributed by atoms with Gasteiger partial charge in [-0.05, 0) is 19.1 Å². The van der Waals surface area contributed by atoms with Gasteiger partial charge in [0.05, 0.1) is 12.8 Å². The first-order chi connectivity index (χ1) is 9.54. The molecule has 1 aromatic rings. The summed E-state index contributed by atoms with van der Waals surface area (Å²) in [5, 5.41) is 12.3. The maximum atomic E-state index is 10.6. The Bertz CT molecular complexity index is 516. The highest BCUT2D eigenvalue weighted by Crippen LogP contribution is 2.30. The quantitative estimate of drug-likeness (QED) is 0.497. The number of urea groups is 1. The molecule has 0 saturated carbocycles. The highest BCUT2D eigenvalue weighted by atomic mass is 16.5. The van der Waals surface area contributed by atoms with Crippen molar-refractivity contribution in [2.75, 3.05) is 13.2 Å². The molecule has 0 bridgehead atoms. The van der Waals surface area contributed by atoms with E-state index in [4.69, 9.17) is 20.3 Å². The predicted molar refractivity (Wildman–Crippen MR) is 71.1 cm³/mol. The maximum absolute atomic E-state index is 10.6. The van der Waals surface area contributed by atoms with Crippen LogP contribution in [0, 0.1) is 0 Å². The van der Waals surface area contributed by atoms with Crippen molar-refractivity contribution in [3.63, 3.8) is 0 Å². The molecule has 108 valence electrons. The van der Waals surface area contributed by atoms with Gasteiger partial charge in [-0.1, -0.05) is 6.07 Å². The summed E-state index contributed by atoms with van der Waals surface area (Å²) in [7, 11) is 0. The number of hydrogen-bond donors (Lipinski definition) is 3. The van der Waals surface area contributed by atoms with Gasteiger partial charge in [0.1, 0.15) is 0 Å². The van der Waals surface area contributed by atoms with E-state index >= 15 is 0 Å². The predicted octanol–water partition coefficient (Wildman–Crippen LogP) is 0.551. The van der Waals surface area contributed by atoms with Crippen LogP contribution in [0.25, 0.3) is 0 Å². The van der Waals surface area contributed by atoms with E-state index in [2.05, 4.69) is 5.10 Å². The third-order valence-electron chi connectivity index (χ3n) is 2.03. The van der Waals surface area contributed by atoms with E-state index < -0.39 is 18.6 Å². The summed E-state index contributed by atoms with van der Waals surface area (Å²) in [4.78, 5) is 21.1. The number of aliphatic carboxylic acids is 1. The average molecular weight is 281 g/mol. The van der Waals surface area contributed by atoms with E-state index in [9.17, 15) is 9.59 Å². The molecule has 0 fully saturated rings. The van der Waals surface area contributed by atoms with Crippen LogP contribution < -0.4 is 20.6 Å². The van der Waals surface area contributed by atoms with E-state index in [0.29, 0.717) is 17.9 Å². The van der Waals surface area contributed by atoms with Crippen molar-refractivity contribution in [3.8, 4) is 11.5 Å². The van der Waals surface area contributed by atoms with Crippen LogP contribution in [0.5, 0.6) is 11.5 Å². The van der Waals surface area contributed by atoms with Crippen LogP contribution in [0.1, 0.15) is 12.5 Å². The smallest absolute Gasteiger partial charge is 0.341 e. The first-order valence-corrected chi connectivity index (χ1v) is 5.73. The average Bonchev–Trinajstić information content (AvgIpc) is 2.37. The first-order valence-electron chi connectivity index (χ1n) is 5.73. The maximum Gasteiger partial charge on any atom is 0.341 e. The Hall–Kier alpha value is -2.77. The minimum Gasteiger partial charge on any atom is -0.490 e. The number of rotatable bonds is 7. The molecule has 1 rings (SSSR count). The first kappa shape index (κ1) is 15.3. The van der Waals surface area contributed by atoms with Crippen molar-refractivity contribution in [3.05, 3.63) is 23.8 Å². The number of amides is 2. The number of carboxylic acid groups (broad SMARTS) is 1. The normalized spacial score (nSPS) is 10.2. The number of primary amides is 1. The molecular formula is C12H15N3O5. The Morgan fingerprint density at radius 2 is 2.20 bits per heavy atom. The van der Waals surface area contributed by atoms with Crippen molar-refractivity contribution in [1.29, 1.82) is 0 Å². The van der Waals surface area contributed by atoms with Crippen LogP contribution in [0.15, 0.2) is 23.3 Å². The zero-order valence-electron chi connectivity index (χ0n) is 10.8. The van der Waals surface area contributed by atoms with Gasteiger partial charge >= 0.3 is 12.0 Å². The minimum atomic E-state index is -1.12. The fourth-order valence-electron chi connectivity index (χ4n) is 1.36. The second-order valence-corrected chi connectivity index (χ2v) is 3.52. The lowest BCUT2D eigenvalue weighted by atomic mass is 10.2. The van der Waals surface area contributed by atoms with Crippen molar-refractivity contribution >= 4 is 18.2 Å². The summed E-state index contributed by atoms with van der Waals surface area (Å²) < 4.78 is 10.5. The van der Waals surface area contributed by atoms with Crippen molar-refractivity contribution in [1.82, 2.24) is 5.43 Å². The van der Waals surface area contributed by atoms with E-state index in [1.165, 1.54) is 6.21 Å². The van der Waals surface area contributed by atoms with E-state index in [0.717, 1.165) is 0 Å². The lowest BCUT2D eigenvalue weighted by molar-refractivity contribution is -0.139. The zero-order valence-corrected chi connectivity index (χ0v) is 10.8. The van der Waals surface area contributed by atoms with Gasteiger partial charge in [0.25, 0.3) is 0 Å². The summed E-state index contributed by atoms with van der Waals surface area (Å²) in [5.41, 5.74) is 7.36. The molecule has 20 heavy (non-hydrogen) atoms. The molecule has 2 amide bonds. The largest absolute Gasteiger partial charge is 0.490 e. The molecule has 1 aromatic carbocycles. The van der Waals surface area contributed by atoms with Gasteiger partial charge in [-0.15, -0.1) is 0 Å². The number of nitrogens with two attached hydrogens (primary N) is 1. The second-order valence-electron chi connectivity index (χ2n) is 3.52. The van der Waals surface area contributed by atoms with Gasteiger partial charge in [-0.25, -0.2) is 15.0 Å². The topological polar surface area (TPSA) is 123 Å². The highest BCUT2D eigenvalue weighted by Gasteiger charge is 2.11. The number of nitrogens with zero attached hydrogens (tertiary/aromatic N) is 1. The molecule has 0 atom stereocenters. The zero-order chi connectivity index (χ0) is 15.0. The number of carboxylic acids is 1. The molecule has 8 nitrogen and oxygen atoms in total. The molecule has 0 aromatic heterocycles. The number of ether oxygens (including phenoxy) is 2. The van der Waals surface area contributed by atoms with Crippen LogP contribution >= 0.6 is 0 Å². The Labute approximate surface area is 115 Å². The van der Waals surface area contributed by atoms with Crippen molar-refractivity contribution in [2.24, 2.45) is 10.8 Å². The fraction of sp³-hybridized carbons (Fsp3) is 0.250. The SMILES string of the molecule is CCOc1cccc(C=NNC(N)=O)c1OCC(=O)O. The standard InChI is InChI=1S/C12H15N3O5/c1-2-19-9-5-3-4-8(6-14-15-12(13)18)11(9)20-7-10(16)17/h3-6H,2,7H2,1H3,(H,16,17)(H3,13,15,18). The number of carbonyl (C=O) groups is 2. The van der Waals surface area contributed by atoms with Gasteiger partial charge in [0.2, 0.25) is 0 Å². The molecule has 0 spiro atoms. The molecule has 0 saturated heterocycles. The van der Waals surface area contributed by atoms with E-state index in [1.54, 1.807) is 25.1 Å². The number of hydrazone groups is 1. The van der Waals surface area contributed by atoms with Crippen molar-refractivity contribution in [2.45, 2.75) is 6.92 Å². The highest BCUT2D eigenvalue weighted by molar-refractivity contribution is 5.86. The lowest BCUT2D eigenvalue weighted by Crippen LogP contribution is -2.24. The molecule has 4 N–H and O–H groups in total. The number of carbonyl (C=O) groups excluding carboxylic acids is 1. The third kappa shape index (κ3) is 4.84. The fourth-order valence-corrected chi connectivity index (χ4v) is 1.36. The van der Waals surface area contributed by atoms with Crippen LogP contribution in [0.3, 0.4) is 0 Å². The van der Waals surface area contributed by atoms with Crippen LogP contribution in [-0.4, -0.2) is 36.5 Å². The summed E-state index contributed by atoms with van der Waals surface area (Å²) in [6.45, 7) is 1.66. The molecule has 8 heteroatoms.